The molecular formula is C25H37NO2S. The van der Waals surface area contributed by atoms with E-state index in [0.29, 0.717) is 16.9 Å². The van der Waals surface area contributed by atoms with Gasteiger partial charge >= 0.3 is 0 Å². The summed E-state index contributed by atoms with van der Waals surface area (Å²) >= 11 is 5.17. The van der Waals surface area contributed by atoms with E-state index in [1.165, 1.54) is 37.7 Å². The van der Waals surface area contributed by atoms with Crippen molar-refractivity contribution >= 4 is 23.2 Å². The number of allylic oxidation sites excluding steroid dienone is 3. The lowest BCUT2D eigenvalue weighted by Gasteiger charge is -2.57. The second-order valence-electron chi connectivity index (χ2n) is 11.7. The van der Waals surface area contributed by atoms with E-state index in [9.17, 15) is 9.90 Å². The van der Waals surface area contributed by atoms with E-state index in [1.54, 1.807) is 0 Å². The molecule has 4 aliphatic carbocycles. The SMILES string of the molecule is CC(C)(C)C(=O)NC1C[C@@]2(C)C(=CCC3C4CCC[C@@]4(C)CCC32)C=C1C(O)=S. The van der Waals surface area contributed by atoms with Crippen LogP contribution in [0, 0.1) is 34.0 Å². The highest BCUT2D eigenvalue weighted by molar-refractivity contribution is 7.80. The second-order valence-corrected chi connectivity index (χ2v) is 12.0. The van der Waals surface area contributed by atoms with Gasteiger partial charge in [-0.15, -0.1) is 0 Å². The minimum Gasteiger partial charge on any atom is -0.499 e. The fraction of sp³-hybridized carbons (Fsp3) is 0.760. The monoisotopic (exact) mass is 415 g/mol. The molecule has 0 aliphatic heterocycles. The third kappa shape index (κ3) is 3.40. The van der Waals surface area contributed by atoms with Crippen LogP contribution in [0.5, 0.6) is 0 Å². The summed E-state index contributed by atoms with van der Waals surface area (Å²) in [4.78, 5) is 12.8. The van der Waals surface area contributed by atoms with Crippen molar-refractivity contribution in [3.05, 3.63) is 23.3 Å². The quantitative estimate of drug-likeness (QED) is 0.552. The fourth-order valence-corrected chi connectivity index (χ4v) is 7.32. The van der Waals surface area contributed by atoms with Crippen molar-refractivity contribution in [3.8, 4) is 0 Å². The van der Waals surface area contributed by atoms with Crippen LogP contribution >= 0.6 is 12.2 Å². The molecule has 3 nitrogen and oxygen atoms in total. The van der Waals surface area contributed by atoms with E-state index in [-0.39, 0.29) is 22.4 Å². The number of aliphatic hydroxyl groups is 1. The third-order valence-electron chi connectivity index (χ3n) is 8.85. The highest BCUT2D eigenvalue weighted by Gasteiger charge is 2.56. The second kappa shape index (κ2) is 6.93. The van der Waals surface area contributed by atoms with E-state index in [4.69, 9.17) is 12.2 Å². The molecule has 2 saturated carbocycles. The van der Waals surface area contributed by atoms with Crippen molar-refractivity contribution in [2.24, 2.45) is 34.0 Å². The van der Waals surface area contributed by atoms with Crippen LogP contribution in [-0.2, 0) is 4.79 Å². The minimum atomic E-state index is -0.467. The molecular weight excluding hydrogens is 378 g/mol. The molecule has 0 saturated heterocycles. The molecule has 0 radical (unpaired) electrons. The lowest BCUT2D eigenvalue weighted by Crippen LogP contribution is -2.53. The molecule has 29 heavy (non-hydrogen) atoms. The highest BCUT2D eigenvalue weighted by Crippen LogP contribution is 2.64. The Kier molecular flexibility index (Phi) is 5.04. The standard InChI is InChI=1S/C25H37NO2S/c1-23(2,3)22(28)26-20-14-25(5)15(13-17(20)21(27)29)8-9-16-18-7-6-11-24(18,4)12-10-19(16)25/h8,13,16,18-20H,6-7,9-12,14H2,1-5H3,(H,26,28)(H,27,29)/t16?,18?,19?,20?,24-,25-/m0/s1. The first-order valence-corrected chi connectivity index (χ1v) is 11.8. The molecule has 4 rings (SSSR count). The number of thiocarbonyl (C=S) groups is 1. The molecule has 0 heterocycles. The maximum absolute atomic E-state index is 12.8. The Morgan fingerprint density at radius 2 is 1.93 bits per heavy atom. The van der Waals surface area contributed by atoms with Gasteiger partial charge in [0.05, 0.1) is 6.04 Å². The first-order valence-electron chi connectivity index (χ1n) is 11.4. The van der Waals surface area contributed by atoms with Gasteiger partial charge < -0.3 is 10.4 Å². The van der Waals surface area contributed by atoms with Gasteiger partial charge in [0.1, 0.15) is 0 Å². The van der Waals surface area contributed by atoms with E-state index >= 15 is 0 Å². The van der Waals surface area contributed by atoms with Gasteiger partial charge in [-0.25, -0.2) is 0 Å². The van der Waals surface area contributed by atoms with Crippen LogP contribution in [0.15, 0.2) is 23.3 Å². The fourth-order valence-electron chi connectivity index (χ4n) is 7.12. The first-order chi connectivity index (χ1) is 13.5. The molecule has 0 aromatic heterocycles. The summed E-state index contributed by atoms with van der Waals surface area (Å²) in [5, 5.41) is 13.3. The number of aliphatic hydroxyl groups excluding tert-OH is 1. The smallest absolute Gasteiger partial charge is 0.225 e. The molecule has 1 amide bonds. The van der Waals surface area contributed by atoms with E-state index in [1.807, 2.05) is 20.8 Å². The molecule has 4 unspecified atom stereocenters. The maximum atomic E-state index is 12.8. The number of carbonyl (C=O) groups excluding carboxylic acids is 1. The Bertz CT molecular complexity index is 791. The van der Waals surface area contributed by atoms with Crippen LogP contribution in [0.2, 0.25) is 0 Å². The Balaban J connectivity index is 1.68. The van der Waals surface area contributed by atoms with Gasteiger partial charge in [0.2, 0.25) is 5.91 Å². The first kappa shape index (κ1) is 21.1. The van der Waals surface area contributed by atoms with Crippen molar-refractivity contribution in [1.29, 1.82) is 0 Å². The predicted molar refractivity (Wildman–Crippen MR) is 122 cm³/mol. The highest BCUT2D eigenvalue weighted by atomic mass is 32.1. The lowest BCUT2D eigenvalue weighted by atomic mass is 9.48. The Morgan fingerprint density at radius 3 is 2.59 bits per heavy atom. The predicted octanol–water partition coefficient (Wildman–Crippen LogP) is 5.90. The molecule has 160 valence electrons. The average molecular weight is 416 g/mol. The van der Waals surface area contributed by atoms with E-state index in [0.717, 1.165) is 24.7 Å². The Labute approximate surface area is 181 Å². The summed E-state index contributed by atoms with van der Waals surface area (Å²) in [5.74, 6) is 2.25. The number of rotatable bonds is 2. The Hall–Kier alpha value is -1.16. The van der Waals surface area contributed by atoms with Crippen LogP contribution in [0.1, 0.15) is 79.6 Å². The van der Waals surface area contributed by atoms with Crippen molar-refractivity contribution in [1.82, 2.24) is 5.32 Å². The number of fused-ring (bicyclic) bond motifs is 5. The average Bonchev–Trinajstić information content (AvgIpc) is 3.01. The van der Waals surface area contributed by atoms with Gasteiger partial charge in [0.15, 0.2) is 5.05 Å². The van der Waals surface area contributed by atoms with Gasteiger partial charge in [0, 0.05) is 11.0 Å². The zero-order valence-corrected chi connectivity index (χ0v) is 19.5. The third-order valence-corrected chi connectivity index (χ3v) is 9.09. The molecule has 0 bridgehead atoms. The molecule has 0 aromatic carbocycles. The molecule has 4 heteroatoms. The van der Waals surface area contributed by atoms with Gasteiger partial charge in [-0.3, -0.25) is 4.79 Å². The normalized spacial score (nSPS) is 41.4. The molecule has 0 spiro atoms. The van der Waals surface area contributed by atoms with Crippen LogP contribution in [0.25, 0.3) is 0 Å². The molecule has 4 aliphatic rings. The van der Waals surface area contributed by atoms with Crippen molar-refractivity contribution in [3.63, 3.8) is 0 Å². The minimum absolute atomic E-state index is 0.0139. The van der Waals surface area contributed by atoms with Gasteiger partial charge in [-0.1, -0.05) is 47.1 Å². The number of hydrogen-bond donors (Lipinski definition) is 2. The molecule has 6 atom stereocenters. The molecule has 2 N–H and O–H groups in total. The zero-order chi connectivity index (χ0) is 21.2. The summed E-state index contributed by atoms with van der Waals surface area (Å²) in [5.41, 5.74) is 2.14. The number of nitrogens with one attached hydrogen (secondary N) is 1. The Morgan fingerprint density at radius 1 is 1.21 bits per heavy atom. The molecule has 2 fully saturated rings. The number of hydrogen-bond acceptors (Lipinski definition) is 2. The van der Waals surface area contributed by atoms with Crippen LogP contribution < -0.4 is 5.32 Å². The van der Waals surface area contributed by atoms with Gasteiger partial charge in [0.25, 0.3) is 0 Å². The van der Waals surface area contributed by atoms with Crippen molar-refractivity contribution in [2.75, 3.05) is 0 Å². The summed E-state index contributed by atoms with van der Waals surface area (Å²) < 4.78 is 0. The number of amides is 1. The van der Waals surface area contributed by atoms with E-state index in [2.05, 4.69) is 31.3 Å². The summed E-state index contributed by atoms with van der Waals surface area (Å²) in [6, 6.07) is -0.211. The summed E-state index contributed by atoms with van der Waals surface area (Å²) in [6.45, 7) is 10.7. The summed E-state index contributed by atoms with van der Waals surface area (Å²) in [6.07, 6.45) is 13.3. The van der Waals surface area contributed by atoms with Gasteiger partial charge in [-0.2, -0.15) is 0 Å². The topological polar surface area (TPSA) is 49.3 Å². The molecule has 0 aromatic rings. The van der Waals surface area contributed by atoms with Crippen molar-refractivity contribution in [2.45, 2.75) is 85.6 Å². The summed E-state index contributed by atoms with van der Waals surface area (Å²) in [7, 11) is 0. The van der Waals surface area contributed by atoms with Gasteiger partial charge in [-0.05, 0) is 91.0 Å². The van der Waals surface area contributed by atoms with Crippen LogP contribution in [0.4, 0.5) is 0 Å². The van der Waals surface area contributed by atoms with E-state index < -0.39 is 5.41 Å². The lowest BCUT2D eigenvalue weighted by molar-refractivity contribution is -0.129. The largest absolute Gasteiger partial charge is 0.499 e. The zero-order valence-electron chi connectivity index (χ0n) is 18.7. The maximum Gasteiger partial charge on any atom is 0.225 e. The van der Waals surface area contributed by atoms with Crippen LogP contribution in [0.3, 0.4) is 0 Å². The number of carbonyl (C=O) groups is 1. The van der Waals surface area contributed by atoms with Crippen molar-refractivity contribution < 1.29 is 9.90 Å². The van der Waals surface area contributed by atoms with Crippen LogP contribution in [-0.4, -0.2) is 22.1 Å².